The van der Waals surface area contributed by atoms with Crippen molar-refractivity contribution < 1.29 is 51.1 Å². The van der Waals surface area contributed by atoms with E-state index in [2.05, 4.69) is 0 Å². The molecule has 5 rings (SSSR count). The normalized spacial score (nSPS) is 15.6. The van der Waals surface area contributed by atoms with E-state index in [0.29, 0.717) is 37.1 Å². The second-order valence-corrected chi connectivity index (χ2v) is 16.3. The average Bonchev–Trinajstić information content (AvgIpc) is 3.08. The van der Waals surface area contributed by atoms with Gasteiger partial charge >= 0.3 is 32.5 Å². The van der Waals surface area contributed by atoms with Crippen molar-refractivity contribution in [2.75, 3.05) is 26.2 Å². The third kappa shape index (κ3) is 8.98. The quantitative estimate of drug-likeness (QED) is 0.0795. The molecular weight excluding hydrogens is 710 g/mol. The van der Waals surface area contributed by atoms with Crippen LogP contribution in [0.25, 0.3) is 0 Å². The summed E-state index contributed by atoms with van der Waals surface area (Å²) in [5.41, 5.74) is -8.29. The average molecular weight is 749 g/mol. The lowest BCUT2D eigenvalue weighted by molar-refractivity contribution is 0.0510. The SMILES string of the molecule is O=C1N(CCc2ccccc2)CC(Cc2ccc(C(F)(F)P(=O)(O)O)cc2)(Cc2ccc(C(F)(F)P(=O)(O)O)cc2)CN1CCc1ccccc1. The first kappa shape index (κ1) is 38.4. The monoisotopic (exact) mass is 748 g/mol. The fourth-order valence-corrected chi connectivity index (χ4v) is 7.47. The maximum atomic E-state index is 14.5. The first-order valence-corrected chi connectivity index (χ1v) is 19.3. The Balaban J connectivity index is 1.52. The van der Waals surface area contributed by atoms with Crippen LogP contribution in [-0.2, 0) is 46.1 Å². The topological polar surface area (TPSA) is 139 Å². The van der Waals surface area contributed by atoms with Crippen LogP contribution in [0.1, 0.15) is 33.4 Å². The molecule has 1 aliphatic rings. The summed E-state index contributed by atoms with van der Waals surface area (Å²) in [5, 5.41) is 0. The number of carbonyl (C=O) groups is 1. The van der Waals surface area contributed by atoms with E-state index in [1.807, 2.05) is 60.7 Å². The van der Waals surface area contributed by atoms with Crippen LogP contribution in [0.4, 0.5) is 22.4 Å². The van der Waals surface area contributed by atoms with Gasteiger partial charge in [-0.05, 0) is 47.9 Å². The molecule has 4 aromatic carbocycles. The van der Waals surface area contributed by atoms with Gasteiger partial charge in [0.25, 0.3) is 0 Å². The smallest absolute Gasteiger partial charge is 0.324 e. The molecule has 0 unspecified atom stereocenters. The minimum atomic E-state index is -5.80. The standard InChI is InChI=1S/C36H38F4N2O7P2/c37-35(38,50(44,45)46)31-15-11-29(12-16-31)23-34(24-30-13-17-32(18-14-30)36(39,40)51(47,48)49)25-41(21-19-27-7-3-1-4-8-27)33(43)42(26-34)22-20-28-9-5-2-6-10-28/h1-18H,19-26H2,(H2,44,45,46)(H2,47,48,49). The van der Waals surface area contributed by atoms with Gasteiger partial charge in [0, 0.05) is 42.7 Å². The maximum absolute atomic E-state index is 14.5. The molecule has 15 heteroatoms. The molecule has 0 radical (unpaired) electrons. The van der Waals surface area contributed by atoms with Gasteiger partial charge in [-0.15, -0.1) is 0 Å². The van der Waals surface area contributed by atoms with Crippen LogP contribution in [0.3, 0.4) is 0 Å². The van der Waals surface area contributed by atoms with E-state index < -0.39 is 43.1 Å². The fraction of sp³-hybridized carbons (Fsp3) is 0.306. The lowest BCUT2D eigenvalue weighted by atomic mass is 9.74. The highest BCUT2D eigenvalue weighted by Gasteiger charge is 2.51. The summed E-state index contributed by atoms with van der Waals surface area (Å²) in [6, 6.07) is 28.1. The molecule has 0 aromatic heterocycles. The number of hydrogen-bond donors (Lipinski definition) is 4. The molecule has 4 N–H and O–H groups in total. The maximum Gasteiger partial charge on any atom is 0.399 e. The Hall–Kier alpha value is -3.83. The van der Waals surface area contributed by atoms with E-state index in [-0.39, 0.29) is 32.0 Å². The summed E-state index contributed by atoms with van der Waals surface area (Å²) < 4.78 is 80.9. The Morgan fingerprint density at radius 1 is 0.549 bits per heavy atom. The van der Waals surface area contributed by atoms with Crippen LogP contribution in [0.5, 0.6) is 0 Å². The fourth-order valence-electron chi connectivity index (χ4n) is 6.50. The summed E-state index contributed by atoms with van der Waals surface area (Å²) in [5.74, 6) is 0. The predicted molar refractivity (Wildman–Crippen MR) is 183 cm³/mol. The molecule has 0 spiro atoms. The first-order chi connectivity index (χ1) is 23.9. The van der Waals surface area contributed by atoms with Crippen molar-refractivity contribution in [1.82, 2.24) is 9.80 Å². The van der Waals surface area contributed by atoms with Crippen molar-refractivity contribution in [3.8, 4) is 0 Å². The van der Waals surface area contributed by atoms with Crippen LogP contribution >= 0.6 is 15.2 Å². The van der Waals surface area contributed by atoms with Gasteiger partial charge in [-0.2, -0.15) is 17.6 Å². The van der Waals surface area contributed by atoms with Crippen molar-refractivity contribution in [2.24, 2.45) is 5.41 Å². The second-order valence-electron chi connectivity index (χ2n) is 13.0. The third-order valence-corrected chi connectivity index (χ3v) is 11.1. The first-order valence-electron chi connectivity index (χ1n) is 16.1. The minimum absolute atomic E-state index is 0.196. The molecule has 9 nitrogen and oxygen atoms in total. The van der Waals surface area contributed by atoms with Crippen LogP contribution in [-0.4, -0.2) is 61.6 Å². The Kier molecular flexibility index (Phi) is 11.3. The molecule has 1 fully saturated rings. The van der Waals surface area contributed by atoms with E-state index in [1.54, 1.807) is 9.80 Å². The van der Waals surface area contributed by atoms with E-state index >= 15 is 0 Å². The number of alkyl halides is 4. The molecule has 1 heterocycles. The van der Waals surface area contributed by atoms with Crippen molar-refractivity contribution >= 4 is 21.2 Å². The number of rotatable bonds is 14. The number of nitrogens with zero attached hydrogens (tertiary/aromatic N) is 2. The molecule has 0 saturated carbocycles. The summed E-state index contributed by atoms with van der Waals surface area (Å²) in [6.45, 7) is 1.07. The molecule has 51 heavy (non-hydrogen) atoms. The highest BCUT2D eigenvalue weighted by molar-refractivity contribution is 7.52. The van der Waals surface area contributed by atoms with Gasteiger partial charge < -0.3 is 29.4 Å². The summed E-state index contributed by atoms with van der Waals surface area (Å²) in [4.78, 5) is 54.3. The molecule has 0 aliphatic carbocycles. The van der Waals surface area contributed by atoms with Crippen LogP contribution in [0, 0.1) is 5.41 Å². The Labute approximate surface area is 292 Å². The summed E-state index contributed by atoms with van der Waals surface area (Å²) >= 11 is 0. The van der Waals surface area contributed by atoms with Gasteiger partial charge in [0.2, 0.25) is 0 Å². The highest BCUT2D eigenvalue weighted by atomic mass is 31.2. The lowest BCUT2D eigenvalue weighted by Gasteiger charge is -2.48. The summed E-state index contributed by atoms with van der Waals surface area (Å²) in [7, 11) is -11.6. The molecule has 0 bridgehead atoms. The van der Waals surface area contributed by atoms with Crippen molar-refractivity contribution in [3.05, 3.63) is 143 Å². The van der Waals surface area contributed by atoms with Crippen LogP contribution < -0.4 is 0 Å². The lowest BCUT2D eigenvalue weighted by Crippen LogP contribution is -2.60. The van der Waals surface area contributed by atoms with Crippen molar-refractivity contribution in [1.29, 1.82) is 0 Å². The number of carbonyl (C=O) groups excluding carboxylic acids is 1. The Bertz CT molecular complexity index is 1750. The van der Waals surface area contributed by atoms with E-state index in [0.717, 1.165) is 35.4 Å². The van der Waals surface area contributed by atoms with E-state index in [4.69, 9.17) is 0 Å². The van der Waals surface area contributed by atoms with Crippen LogP contribution in [0.15, 0.2) is 109 Å². The second kappa shape index (κ2) is 15.0. The molecule has 0 atom stereocenters. The molecule has 4 aromatic rings. The zero-order chi connectivity index (χ0) is 37.1. The van der Waals surface area contributed by atoms with Crippen molar-refractivity contribution in [3.63, 3.8) is 0 Å². The Morgan fingerprint density at radius 3 is 1.20 bits per heavy atom. The van der Waals surface area contributed by atoms with Gasteiger partial charge in [-0.3, -0.25) is 9.13 Å². The minimum Gasteiger partial charge on any atom is -0.324 e. The molecule has 1 saturated heterocycles. The van der Waals surface area contributed by atoms with Crippen LogP contribution in [0.2, 0.25) is 0 Å². The number of urea groups is 1. The zero-order valence-corrected chi connectivity index (χ0v) is 29.2. The number of benzene rings is 4. The number of hydrogen-bond acceptors (Lipinski definition) is 3. The van der Waals surface area contributed by atoms with E-state index in [9.17, 15) is 51.1 Å². The Morgan fingerprint density at radius 2 is 0.882 bits per heavy atom. The number of amides is 2. The van der Waals surface area contributed by atoms with Gasteiger partial charge in [0.15, 0.2) is 0 Å². The van der Waals surface area contributed by atoms with E-state index in [1.165, 1.54) is 24.3 Å². The summed E-state index contributed by atoms with van der Waals surface area (Å²) in [6.07, 6.45) is 1.47. The molecule has 272 valence electrons. The predicted octanol–water partition coefficient (Wildman–Crippen LogP) is 7.14. The van der Waals surface area contributed by atoms with Crippen molar-refractivity contribution in [2.45, 2.75) is 37.0 Å². The third-order valence-electron chi connectivity index (χ3n) is 9.11. The van der Waals surface area contributed by atoms with Gasteiger partial charge in [-0.1, -0.05) is 109 Å². The largest absolute Gasteiger partial charge is 0.399 e. The van der Waals surface area contributed by atoms with Gasteiger partial charge in [-0.25, -0.2) is 4.79 Å². The molecular formula is C36H38F4N2O7P2. The number of halogens is 4. The van der Waals surface area contributed by atoms with Gasteiger partial charge in [0.05, 0.1) is 0 Å². The zero-order valence-electron chi connectivity index (χ0n) is 27.4. The molecule has 2 amide bonds. The molecule has 1 aliphatic heterocycles. The highest BCUT2D eigenvalue weighted by Crippen LogP contribution is 2.60. The van der Waals surface area contributed by atoms with Gasteiger partial charge in [0.1, 0.15) is 0 Å².